The van der Waals surface area contributed by atoms with Gasteiger partial charge in [-0.1, -0.05) is 18.2 Å². The molecule has 0 bridgehead atoms. The number of aliphatic hydroxyl groups excluding tert-OH is 1. The van der Waals surface area contributed by atoms with Crippen LogP contribution in [0.25, 0.3) is 0 Å². The molecule has 2 unspecified atom stereocenters. The molecule has 0 aliphatic heterocycles. The Labute approximate surface area is 106 Å². The molecular weight excluding hydrogens is 240 g/mol. The lowest BCUT2D eigenvalue weighted by Crippen LogP contribution is -2.28. The number of para-hydroxylation sites is 1. The standard InChI is InChI=1S/C13H19F2NO2/c1-9(7-10(2)17)16-8-11-5-3-4-6-12(11)18-13(14)15/h3-6,9-10,13,16-17H,7-8H2,1-2H3. The Bertz CT molecular complexity index is 359. The lowest BCUT2D eigenvalue weighted by atomic mass is 10.1. The fourth-order valence-corrected chi connectivity index (χ4v) is 1.74. The van der Waals surface area contributed by atoms with Crippen molar-refractivity contribution in [3.8, 4) is 5.75 Å². The number of hydrogen-bond acceptors (Lipinski definition) is 3. The van der Waals surface area contributed by atoms with Crippen molar-refractivity contribution in [3.63, 3.8) is 0 Å². The summed E-state index contributed by atoms with van der Waals surface area (Å²) in [4.78, 5) is 0. The van der Waals surface area contributed by atoms with Crippen LogP contribution in [0.1, 0.15) is 25.8 Å². The van der Waals surface area contributed by atoms with Gasteiger partial charge in [-0.2, -0.15) is 8.78 Å². The Morgan fingerprint density at radius 2 is 1.94 bits per heavy atom. The van der Waals surface area contributed by atoms with Gasteiger partial charge in [0.05, 0.1) is 6.10 Å². The van der Waals surface area contributed by atoms with Crippen LogP contribution < -0.4 is 10.1 Å². The first-order valence-corrected chi connectivity index (χ1v) is 5.93. The van der Waals surface area contributed by atoms with E-state index < -0.39 is 6.61 Å². The molecule has 102 valence electrons. The highest BCUT2D eigenvalue weighted by molar-refractivity contribution is 5.33. The van der Waals surface area contributed by atoms with Crippen molar-refractivity contribution in [3.05, 3.63) is 29.8 Å². The molecule has 0 aromatic heterocycles. The minimum absolute atomic E-state index is 0.101. The number of nitrogens with one attached hydrogen (secondary N) is 1. The summed E-state index contributed by atoms with van der Waals surface area (Å²) < 4.78 is 28.8. The number of alkyl halides is 2. The lowest BCUT2D eigenvalue weighted by molar-refractivity contribution is -0.0505. The van der Waals surface area contributed by atoms with Crippen LogP contribution in [0.2, 0.25) is 0 Å². The van der Waals surface area contributed by atoms with Gasteiger partial charge in [-0.25, -0.2) is 0 Å². The second kappa shape index (κ2) is 7.28. The minimum Gasteiger partial charge on any atom is -0.434 e. The summed E-state index contributed by atoms with van der Waals surface area (Å²) in [6.07, 6.45) is 0.220. The third-order valence-electron chi connectivity index (χ3n) is 2.52. The number of hydrogen-bond donors (Lipinski definition) is 2. The van der Waals surface area contributed by atoms with E-state index in [9.17, 15) is 13.9 Å². The number of aliphatic hydroxyl groups is 1. The topological polar surface area (TPSA) is 41.5 Å². The van der Waals surface area contributed by atoms with Crippen LogP contribution in [0.15, 0.2) is 24.3 Å². The molecule has 18 heavy (non-hydrogen) atoms. The highest BCUT2D eigenvalue weighted by Crippen LogP contribution is 2.20. The minimum atomic E-state index is -2.82. The monoisotopic (exact) mass is 259 g/mol. The van der Waals surface area contributed by atoms with Crippen LogP contribution in [-0.2, 0) is 6.54 Å². The molecule has 0 radical (unpaired) electrons. The first kappa shape index (κ1) is 14.9. The molecule has 0 saturated carbocycles. The van der Waals surface area contributed by atoms with Gasteiger partial charge in [-0.3, -0.25) is 0 Å². The van der Waals surface area contributed by atoms with Crippen LogP contribution in [0.5, 0.6) is 5.75 Å². The Balaban J connectivity index is 2.55. The van der Waals surface area contributed by atoms with Gasteiger partial charge >= 0.3 is 6.61 Å². The maximum absolute atomic E-state index is 12.2. The van der Waals surface area contributed by atoms with E-state index in [1.54, 1.807) is 25.1 Å². The van der Waals surface area contributed by atoms with Gasteiger partial charge in [0.2, 0.25) is 0 Å². The van der Waals surface area contributed by atoms with Gasteiger partial charge in [0, 0.05) is 18.2 Å². The number of benzene rings is 1. The molecule has 0 saturated heterocycles. The van der Waals surface area contributed by atoms with Crippen molar-refractivity contribution in [2.45, 2.75) is 45.6 Å². The molecule has 5 heteroatoms. The van der Waals surface area contributed by atoms with E-state index >= 15 is 0 Å². The van der Waals surface area contributed by atoms with E-state index in [2.05, 4.69) is 10.1 Å². The summed E-state index contributed by atoms with van der Waals surface area (Å²) in [7, 11) is 0. The zero-order chi connectivity index (χ0) is 13.5. The zero-order valence-corrected chi connectivity index (χ0v) is 10.6. The van der Waals surface area contributed by atoms with E-state index in [0.717, 1.165) is 0 Å². The fourth-order valence-electron chi connectivity index (χ4n) is 1.74. The largest absolute Gasteiger partial charge is 0.434 e. The van der Waals surface area contributed by atoms with Crippen molar-refractivity contribution >= 4 is 0 Å². The van der Waals surface area contributed by atoms with Gasteiger partial charge in [-0.05, 0) is 26.3 Å². The number of rotatable bonds is 7. The van der Waals surface area contributed by atoms with Crippen LogP contribution in [-0.4, -0.2) is 23.9 Å². The molecule has 0 spiro atoms. The molecule has 1 rings (SSSR count). The Morgan fingerprint density at radius 3 is 2.56 bits per heavy atom. The second-order valence-corrected chi connectivity index (χ2v) is 4.35. The Kier molecular flexibility index (Phi) is 6.01. The van der Waals surface area contributed by atoms with Gasteiger partial charge in [-0.15, -0.1) is 0 Å². The Hall–Kier alpha value is -1.20. The van der Waals surface area contributed by atoms with E-state index in [0.29, 0.717) is 18.5 Å². The first-order chi connectivity index (χ1) is 8.49. The van der Waals surface area contributed by atoms with Crippen LogP contribution in [0.3, 0.4) is 0 Å². The third kappa shape index (κ3) is 5.42. The van der Waals surface area contributed by atoms with E-state index in [-0.39, 0.29) is 17.9 Å². The molecule has 0 amide bonds. The highest BCUT2D eigenvalue weighted by Gasteiger charge is 2.10. The quantitative estimate of drug-likeness (QED) is 0.790. The molecule has 0 aliphatic carbocycles. The molecule has 2 N–H and O–H groups in total. The molecule has 3 nitrogen and oxygen atoms in total. The normalized spacial score (nSPS) is 14.6. The molecule has 0 heterocycles. The summed E-state index contributed by atoms with van der Waals surface area (Å²) in [5.74, 6) is 0.184. The summed E-state index contributed by atoms with van der Waals surface area (Å²) in [6, 6.07) is 6.78. The van der Waals surface area contributed by atoms with Crippen LogP contribution >= 0.6 is 0 Å². The average Bonchev–Trinajstić information content (AvgIpc) is 2.26. The SMILES string of the molecule is CC(O)CC(C)NCc1ccccc1OC(F)F. The first-order valence-electron chi connectivity index (χ1n) is 5.93. The molecule has 0 aliphatic rings. The molecular formula is C13H19F2NO2. The van der Waals surface area contributed by atoms with Crippen LogP contribution in [0, 0.1) is 0 Å². The van der Waals surface area contributed by atoms with E-state index in [1.807, 2.05) is 6.92 Å². The van der Waals surface area contributed by atoms with Crippen molar-refractivity contribution in [2.24, 2.45) is 0 Å². The van der Waals surface area contributed by atoms with Crippen molar-refractivity contribution in [1.82, 2.24) is 5.32 Å². The van der Waals surface area contributed by atoms with Crippen molar-refractivity contribution in [2.75, 3.05) is 0 Å². The van der Waals surface area contributed by atoms with E-state index in [4.69, 9.17) is 0 Å². The summed E-state index contributed by atoms with van der Waals surface area (Å²) >= 11 is 0. The number of halogens is 2. The van der Waals surface area contributed by atoms with Gasteiger partial charge in [0.1, 0.15) is 5.75 Å². The Morgan fingerprint density at radius 1 is 1.28 bits per heavy atom. The predicted octanol–water partition coefficient (Wildman–Crippen LogP) is 2.54. The summed E-state index contributed by atoms with van der Waals surface area (Å²) in [5.41, 5.74) is 0.676. The number of ether oxygens (including phenoxy) is 1. The summed E-state index contributed by atoms with van der Waals surface area (Å²) in [6.45, 7) is 1.26. The lowest BCUT2D eigenvalue weighted by Gasteiger charge is -2.17. The van der Waals surface area contributed by atoms with Gasteiger partial charge in [0.25, 0.3) is 0 Å². The highest BCUT2D eigenvalue weighted by atomic mass is 19.3. The maximum Gasteiger partial charge on any atom is 0.387 e. The van der Waals surface area contributed by atoms with E-state index in [1.165, 1.54) is 6.07 Å². The molecule has 0 fully saturated rings. The van der Waals surface area contributed by atoms with Gasteiger partial charge in [0.15, 0.2) is 0 Å². The molecule has 2 atom stereocenters. The third-order valence-corrected chi connectivity index (χ3v) is 2.52. The smallest absolute Gasteiger partial charge is 0.387 e. The van der Waals surface area contributed by atoms with Crippen LogP contribution in [0.4, 0.5) is 8.78 Å². The fraction of sp³-hybridized carbons (Fsp3) is 0.538. The predicted molar refractivity (Wildman–Crippen MR) is 65.7 cm³/mol. The summed E-state index contributed by atoms with van der Waals surface area (Å²) in [5, 5.41) is 12.4. The van der Waals surface area contributed by atoms with Gasteiger partial charge < -0.3 is 15.2 Å². The van der Waals surface area contributed by atoms with Crippen molar-refractivity contribution < 1.29 is 18.6 Å². The zero-order valence-electron chi connectivity index (χ0n) is 10.6. The molecule has 1 aromatic rings. The molecule has 1 aromatic carbocycles. The van der Waals surface area contributed by atoms with Crippen molar-refractivity contribution in [1.29, 1.82) is 0 Å². The average molecular weight is 259 g/mol. The second-order valence-electron chi connectivity index (χ2n) is 4.35. The maximum atomic E-state index is 12.2.